The van der Waals surface area contributed by atoms with Crippen molar-refractivity contribution in [3.05, 3.63) is 18.2 Å². The van der Waals surface area contributed by atoms with Crippen molar-refractivity contribution in [3.63, 3.8) is 0 Å². The van der Waals surface area contributed by atoms with E-state index in [-0.39, 0.29) is 11.2 Å². The van der Waals surface area contributed by atoms with Crippen LogP contribution in [0.15, 0.2) is 18.2 Å². The monoisotopic (exact) mass is 311 g/mol. The molecule has 0 aliphatic heterocycles. The summed E-state index contributed by atoms with van der Waals surface area (Å²) in [6.45, 7) is 3.61. The standard InChI is InChI=1S/C13H17N3O2S2/c1-7(17)8(2)19-6-12(18)16-13-15-10-4-3-9(14)5-11(10)20-13/h3-5,7-8,17H,6,14H2,1-2H3,(H,15,16,18). The van der Waals surface area contributed by atoms with Crippen molar-refractivity contribution in [2.75, 3.05) is 16.8 Å². The number of nitrogens with two attached hydrogens (primary N) is 1. The molecule has 0 aliphatic rings. The Bertz CT molecular complexity index is 613. The fraction of sp³-hybridized carbons (Fsp3) is 0.385. The van der Waals surface area contributed by atoms with Crippen molar-refractivity contribution in [2.24, 2.45) is 0 Å². The number of benzene rings is 1. The van der Waals surface area contributed by atoms with Crippen LogP contribution >= 0.6 is 23.1 Å². The zero-order valence-corrected chi connectivity index (χ0v) is 12.9. The van der Waals surface area contributed by atoms with Gasteiger partial charge in [0, 0.05) is 10.9 Å². The predicted octanol–water partition coefficient (Wildman–Crippen LogP) is 2.32. The molecule has 7 heteroatoms. The highest BCUT2D eigenvalue weighted by Crippen LogP contribution is 2.27. The lowest BCUT2D eigenvalue weighted by Gasteiger charge is -2.13. The van der Waals surface area contributed by atoms with E-state index in [1.54, 1.807) is 13.0 Å². The first-order chi connectivity index (χ1) is 9.45. The molecule has 0 radical (unpaired) electrons. The molecule has 5 nitrogen and oxygen atoms in total. The molecule has 2 rings (SSSR count). The summed E-state index contributed by atoms with van der Waals surface area (Å²) >= 11 is 2.81. The number of nitrogen functional groups attached to an aromatic ring is 1. The van der Waals surface area contributed by atoms with E-state index < -0.39 is 6.10 Å². The first-order valence-corrected chi connectivity index (χ1v) is 8.08. The van der Waals surface area contributed by atoms with Gasteiger partial charge in [0.2, 0.25) is 5.91 Å². The topological polar surface area (TPSA) is 88.2 Å². The Labute approximate surface area is 125 Å². The highest BCUT2D eigenvalue weighted by atomic mass is 32.2. The van der Waals surface area contributed by atoms with Crippen molar-refractivity contribution >= 4 is 50.0 Å². The first kappa shape index (κ1) is 15.1. The summed E-state index contributed by atoms with van der Waals surface area (Å²) in [5, 5.41) is 12.7. The molecular formula is C13H17N3O2S2. The van der Waals surface area contributed by atoms with Gasteiger partial charge in [-0.2, -0.15) is 0 Å². The number of aliphatic hydroxyl groups excluding tert-OH is 1. The highest BCUT2D eigenvalue weighted by molar-refractivity contribution is 8.00. The number of aromatic nitrogens is 1. The van der Waals surface area contributed by atoms with Crippen LogP contribution in [0.3, 0.4) is 0 Å². The van der Waals surface area contributed by atoms with Gasteiger partial charge in [0.1, 0.15) is 0 Å². The number of carbonyl (C=O) groups is 1. The molecule has 2 unspecified atom stereocenters. The minimum absolute atomic E-state index is 0.0240. The molecule has 1 amide bonds. The van der Waals surface area contributed by atoms with Crippen LogP contribution in [0.2, 0.25) is 0 Å². The second kappa shape index (κ2) is 6.43. The summed E-state index contributed by atoms with van der Waals surface area (Å²) < 4.78 is 0.949. The van der Waals surface area contributed by atoms with Gasteiger partial charge in [-0.1, -0.05) is 18.3 Å². The van der Waals surface area contributed by atoms with E-state index in [0.29, 0.717) is 16.6 Å². The van der Waals surface area contributed by atoms with Crippen LogP contribution in [0, 0.1) is 0 Å². The fourth-order valence-corrected chi connectivity index (χ4v) is 3.19. The predicted molar refractivity (Wildman–Crippen MR) is 86.3 cm³/mol. The van der Waals surface area contributed by atoms with Gasteiger partial charge in [-0.15, -0.1) is 11.8 Å². The van der Waals surface area contributed by atoms with E-state index in [1.807, 2.05) is 19.1 Å². The Morgan fingerprint density at radius 1 is 1.55 bits per heavy atom. The third-order valence-electron chi connectivity index (χ3n) is 2.82. The summed E-state index contributed by atoms with van der Waals surface area (Å²) in [6.07, 6.45) is -0.432. The number of aliphatic hydroxyl groups is 1. The average Bonchev–Trinajstić information content (AvgIpc) is 2.76. The zero-order chi connectivity index (χ0) is 14.7. The van der Waals surface area contributed by atoms with Gasteiger partial charge >= 0.3 is 0 Å². The Morgan fingerprint density at radius 2 is 2.30 bits per heavy atom. The molecule has 1 aromatic heterocycles. The Morgan fingerprint density at radius 3 is 3.00 bits per heavy atom. The number of nitrogens with one attached hydrogen (secondary N) is 1. The molecule has 0 bridgehead atoms. The van der Waals surface area contributed by atoms with Crippen molar-refractivity contribution in [2.45, 2.75) is 25.2 Å². The lowest BCUT2D eigenvalue weighted by molar-refractivity contribution is -0.113. The molecule has 2 atom stereocenters. The lowest BCUT2D eigenvalue weighted by Crippen LogP contribution is -2.20. The van der Waals surface area contributed by atoms with Crippen LogP contribution in [-0.4, -0.2) is 33.1 Å². The molecule has 0 fully saturated rings. The lowest BCUT2D eigenvalue weighted by atomic mass is 10.3. The van der Waals surface area contributed by atoms with E-state index in [9.17, 15) is 9.90 Å². The molecule has 0 saturated heterocycles. The molecule has 108 valence electrons. The Hall–Kier alpha value is -1.31. The summed E-state index contributed by atoms with van der Waals surface area (Å²) in [5.74, 6) is 0.180. The fourth-order valence-electron chi connectivity index (χ4n) is 1.50. The summed E-state index contributed by atoms with van der Waals surface area (Å²) in [7, 11) is 0. The maximum atomic E-state index is 11.8. The molecular weight excluding hydrogens is 294 g/mol. The number of amides is 1. The van der Waals surface area contributed by atoms with E-state index in [0.717, 1.165) is 10.2 Å². The van der Waals surface area contributed by atoms with E-state index in [1.165, 1.54) is 23.1 Å². The quantitative estimate of drug-likeness (QED) is 0.738. The van der Waals surface area contributed by atoms with Crippen LogP contribution in [0.25, 0.3) is 10.2 Å². The summed E-state index contributed by atoms with van der Waals surface area (Å²) in [6, 6.07) is 5.46. The molecule has 0 spiro atoms. The van der Waals surface area contributed by atoms with Crippen molar-refractivity contribution in [1.82, 2.24) is 4.98 Å². The summed E-state index contributed by atoms with van der Waals surface area (Å²) in [4.78, 5) is 16.1. The van der Waals surface area contributed by atoms with Crippen LogP contribution < -0.4 is 11.1 Å². The van der Waals surface area contributed by atoms with E-state index in [2.05, 4.69) is 10.3 Å². The second-order valence-electron chi connectivity index (χ2n) is 4.55. The molecule has 0 saturated carbocycles. The van der Waals surface area contributed by atoms with E-state index in [4.69, 9.17) is 5.73 Å². The van der Waals surface area contributed by atoms with Gasteiger partial charge < -0.3 is 16.2 Å². The molecule has 0 aliphatic carbocycles. The van der Waals surface area contributed by atoms with Gasteiger partial charge in [-0.3, -0.25) is 4.79 Å². The highest BCUT2D eigenvalue weighted by Gasteiger charge is 2.13. The number of anilines is 2. The van der Waals surface area contributed by atoms with Crippen LogP contribution in [-0.2, 0) is 4.79 Å². The number of rotatable bonds is 5. The van der Waals surface area contributed by atoms with Crippen LogP contribution in [0.4, 0.5) is 10.8 Å². The third kappa shape index (κ3) is 3.84. The molecule has 1 aromatic carbocycles. The maximum absolute atomic E-state index is 11.8. The average molecular weight is 311 g/mol. The molecule has 2 aromatic rings. The van der Waals surface area contributed by atoms with E-state index >= 15 is 0 Å². The maximum Gasteiger partial charge on any atom is 0.236 e. The minimum atomic E-state index is -0.432. The van der Waals surface area contributed by atoms with Gasteiger partial charge in [0.05, 0.1) is 22.1 Å². The van der Waals surface area contributed by atoms with Crippen LogP contribution in [0.5, 0.6) is 0 Å². The normalized spacial score (nSPS) is 14.2. The van der Waals surface area contributed by atoms with Gasteiger partial charge in [-0.25, -0.2) is 4.98 Å². The number of hydrogen-bond donors (Lipinski definition) is 3. The number of thioether (sulfide) groups is 1. The smallest absolute Gasteiger partial charge is 0.236 e. The van der Waals surface area contributed by atoms with Gasteiger partial charge in [0.25, 0.3) is 0 Å². The van der Waals surface area contributed by atoms with Crippen molar-refractivity contribution in [1.29, 1.82) is 0 Å². The second-order valence-corrected chi connectivity index (χ2v) is 6.95. The van der Waals surface area contributed by atoms with Crippen molar-refractivity contribution in [3.8, 4) is 0 Å². The number of hydrogen-bond acceptors (Lipinski definition) is 6. The number of nitrogens with zero attached hydrogens (tertiary/aromatic N) is 1. The van der Waals surface area contributed by atoms with Gasteiger partial charge in [-0.05, 0) is 25.1 Å². The Kier molecular flexibility index (Phi) is 4.85. The zero-order valence-electron chi connectivity index (χ0n) is 11.3. The first-order valence-electron chi connectivity index (χ1n) is 6.21. The summed E-state index contributed by atoms with van der Waals surface area (Å²) in [5.41, 5.74) is 7.21. The number of fused-ring (bicyclic) bond motifs is 1. The third-order valence-corrected chi connectivity index (χ3v) is 5.10. The minimum Gasteiger partial charge on any atom is -0.399 e. The molecule has 20 heavy (non-hydrogen) atoms. The SMILES string of the molecule is CC(O)C(C)SCC(=O)Nc1nc2ccc(N)cc2s1. The molecule has 1 heterocycles. The van der Waals surface area contributed by atoms with Crippen molar-refractivity contribution < 1.29 is 9.90 Å². The Balaban J connectivity index is 1.96. The van der Waals surface area contributed by atoms with Crippen LogP contribution in [0.1, 0.15) is 13.8 Å². The van der Waals surface area contributed by atoms with Gasteiger partial charge in [0.15, 0.2) is 5.13 Å². The molecule has 4 N–H and O–H groups in total. The largest absolute Gasteiger partial charge is 0.399 e. The number of thiazole rings is 1. The number of carbonyl (C=O) groups excluding carboxylic acids is 1.